The number of nitrogens with one attached hydrogen (secondary N) is 1. The van der Waals surface area contributed by atoms with E-state index in [4.69, 9.17) is 0 Å². The van der Waals surface area contributed by atoms with Crippen LogP contribution in [0.1, 0.15) is 45.4 Å². The molecule has 2 rings (SSSR count). The van der Waals surface area contributed by atoms with Gasteiger partial charge in [-0.3, -0.25) is 0 Å². The highest BCUT2D eigenvalue weighted by Crippen LogP contribution is 2.61. The molecular weight excluding hydrogens is 158 g/mol. The Kier molecular flexibility index (Phi) is 2.64. The largest absolute Gasteiger partial charge is 0.319 e. The smallest absolute Gasteiger partial charge is 0.000501 e. The molecule has 0 aliphatic heterocycles. The first kappa shape index (κ1) is 9.51. The molecule has 13 heavy (non-hydrogen) atoms. The van der Waals surface area contributed by atoms with Gasteiger partial charge in [-0.25, -0.2) is 0 Å². The fourth-order valence-corrected chi connectivity index (χ4v) is 3.37. The molecule has 1 heteroatoms. The van der Waals surface area contributed by atoms with Gasteiger partial charge in [-0.05, 0) is 50.0 Å². The second kappa shape index (κ2) is 3.61. The van der Waals surface area contributed by atoms with Gasteiger partial charge in [-0.1, -0.05) is 19.8 Å². The van der Waals surface area contributed by atoms with Crippen molar-refractivity contribution in [3.8, 4) is 0 Å². The molecule has 0 spiro atoms. The van der Waals surface area contributed by atoms with Crippen LogP contribution in [0, 0.1) is 17.3 Å². The Balaban J connectivity index is 1.87. The summed E-state index contributed by atoms with van der Waals surface area (Å²) in [6.07, 6.45) is 8.87. The van der Waals surface area contributed by atoms with Crippen LogP contribution in [0.4, 0.5) is 0 Å². The predicted octanol–water partition coefficient (Wildman–Crippen LogP) is 2.81. The molecular formula is C12H23N. The van der Waals surface area contributed by atoms with E-state index >= 15 is 0 Å². The van der Waals surface area contributed by atoms with Crippen molar-refractivity contribution in [3.05, 3.63) is 0 Å². The zero-order chi connectivity index (χ0) is 9.31. The Bertz CT molecular complexity index is 166. The van der Waals surface area contributed by atoms with Crippen LogP contribution >= 0.6 is 0 Å². The molecule has 76 valence electrons. The molecule has 2 saturated carbocycles. The number of rotatable bonds is 5. The van der Waals surface area contributed by atoms with E-state index < -0.39 is 0 Å². The lowest BCUT2D eigenvalue weighted by Crippen LogP contribution is -2.31. The first-order chi connectivity index (χ1) is 6.29. The van der Waals surface area contributed by atoms with E-state index in [1.54, 1.807) is 6.42 Å². The molecule has 0 heterocycles. The number of fused-ring (bicyclic) bond motifs is 1. The summed E-state index contributed by atoms with van der Waals surface area (Å²) in [6.45, 7) is 3.57. The number of hydrogen-bond acceptors (Lipinski definition) is 1. The summed E-state index contributed by atoms with van der Waals surface area (Å²) in [7, 11) is 2.11. The normalized spacial score (nSPS) is 42.0. The van der Waals surface area contributed by atoms with Gasteiger partial charge in [0.1, 0.15) is 0 Å². The van der Waals surface area contributed by atoms with E-state index in [0.717, 1.165) is 11.8 Å². The Morgan fingerprint density at radius 1 is 1.31 bits per heavy atom. The van der Waals surface area contributed by atoms with Gasteiger partial charge >= 0.3 is 0 Å². The summed E-state index contributed by atoms with van der Waals surface area (Å²) in [5.74, 6) is 2.26. The molecule has 0 saturated heterocycles. The minimum atomic E-state index is 0.707. The van der Waals surface area contributed by atoms with Crippen molar-refractivity contribution >= 4 is 0 Å². The van der Waals surface area contributed by atoms with Crippen molar-refractivity contribution in [1.82, 2.24) is 5.32 Å². The molecule has 0 radical (unpaired) electrons. The summed E-state index contributed by atoms with van der Waals surface area (Å²) in [4.78, 5) is 0. The quantitative estimate of drug-likeness (QED) is 0.687. The molecule has 1 N–H and O–H groups in total. The van der Waals surface area contributed by atoms with Crippen molar-refractivity contribution in [3.63, 3.8) is 0 Å². The lowest BCUT2D eigenvalue weighted by Gasteiger charge is -2.30. The maximum atomic E-state index is 3.40. The minimum Gasteiger partial charge on any atom is -0.319 e. The van der Waals surface area contributed by atoms with Crippen molar-refractivity contribution in [2.75, 3.05) is 13.6 Å². The van der Waals surface area contributed by atoms with Gasteiger partial charge in [-0.2, -0.15) is 0 Å². The molecule has 2 atom stereocenters. The molecule has 0 bridgehead atoms. The van der Waals surface area contributed by atoms with Crippen molar-refractivity contribution in [2.45, 2.75) is 45.4 Å². The highest BCUT2D eigenvalue weighted by atomic mass is 14.8. The Hall–Kier alpha value is -0.0400. The molecule has 2 aliphatic carbocycles. The fourth-order valence-electron chi connectivity index (χ4n) is 3.37. The average Bonchev–Trinajstić information content (AvgIpc) is 2.73. The summed E-state index contributed by atoms with van der Waals surface area (Å²) >= 11 is 0. The first-order valence-corrected chi connectivity index (χ1v) is 5.94. The lowest BCUT2D eigenvalue weighted by atomic mass is 9.78. The second-order valence-electron chi connectivity index (χ2n) is 5.30. The fraction of sp³-hybridized carbons (Fsp3) is 1.00. The topological polar surface area (TPSA) is 12.0 Å². The maximum Gasteiger partial charge on any atom is 0.000501 e. The Morgan fingerprint density at radius 2 is 2.00 bits per heavy atom. The summed E-state index contributed by atoms with van der Waals surface area (Å²) < 4.78 is 0. The van der Waals surface area contributed by atoms with E-state index in [1.807, 2.05) is 0 Å². The van der Waals surface area contributed by atoms with Gasteiger partial charge < -0.3 is 5.32 Å². The summed E-state index contributed by atoms with van der Waals surface area (Å²) in [5.41, 5.74) is 0.707. The maximum absolute atomic E-state index is 3.40. The third kappa shape index (κ3) is 1.90. The lowest BCUT2D eigenvalue weighted by molar-refractivity contribution is 0.229. The van der Waals surface area contributed by atoms with Crippen LogP contribution in [0.15, 0.2) is 0 Å². The zero-order valence-corrected chi connectivity index (χ0v) is 9.10. The molecule has 1 nitrogen and oxygen atoms in total. The van der Waals surface area contributed by atoms with E-state index in [0.29, 0.717) is 5.41 Å². The molecule has 0 aromatic heterocycles. The van der Waals surface area contributed by atoms with Crippen LogP contribution in [0.2, 0.25) is 0 Å². The van der Waals surface area contributed by atoms with Crippen LogP contribution in [0.3, 0.4) is 0 Å². The van der Waals surface area contributed by atoms with Gasteiger partial charge in [0.2, 0.25) is 0 Å². The van der Waals surface area contributed by atoms with Crippen LogP contribution in [0.25, 0.3) is 0 Å². The molecule has 0 amide bonds. The third-order valence-corrected chi connectivity index (χ3v) is 4.07. The van der Waals surface area contributed by atoms with Gasteiger partial charge in [0.15, 0.2) is 0 Å². The van der Waals surface area contributed by atoms with Gasteiger partial charge in [0.25, 0.3) is 0 Å². The van der Waals surface area contributed by atoms with Crippen molar-refractivity contribution in [2.24, 2.45) is 17.3 Å². The van der Waals surface area contributed by atoms with Crippen molar-refractivity contribution in [1.29, 1.82) is 0 Å². The monoisotopic (exact) mass is 181 g/mol. The first-order valence-electron chi connectivity index (χ1n) is 5.94. The number of unbranched alkanes of at least 4 members (excludes halogenated alkanes) is 1. The van der Waals surface area contributed by atoms with Gasteiger partial charge in [0.05, 0.1) is 0 Å². The van der Waals surface area contributed by atoms with Gasteiger partial charge in [0, 0.05) is 6.54 Å². The SMILES string of the molecule is CCCCC1(CNC)CC2CC2C1. The number of hydrogen-bond donors (Lipinski definition) is 1. The highest BCUT2D eigenvalue weighted by molar-refractivity contribution is 5.03. The van der Waals surface area contributed by atoms with Crippen LogP contribution < -0.4 is 5.32 Å². The summed E-state index contributed by atoms with van der Waals surface area (Å²) in [5, 5.41) is 3.40. The molecule has 2 fully saturated rings. The van der Waals surface area contributed by atoms with E-state index in [1.165, 1.54) is 38.6 Å². The second-order valence-corrected chi connectivity index (χ2v) is 5.30. The van der Waals surface area contributed by atoms with Crippen LogP contribution in [-0.2, 0) is 0 Å². The van der Waals surface area contributed by atoms with Crippen molar-refractivity contribution < 1.29 is 0 Å². The minimum absolute atomic E-state index is 0.707. The molecule has 0 aromatic rings. The molecule has 2 unspecified atom stereocenters. The zero-order valence-electron chi connectivity index (χ0n) is 9.10. The summed E-state index contributed by atoms with van der Waals surface area (Å²) in [6, 6.07) is 0. The molecule has 2 aliphatic rings. The standard InChI is InChI=1S/C12H23N/c1-3-4-5-12(9-13-2)7-10-6-11(10)8-12/h10-11,13H,3-9H2,1-2H3. The predicted molar refractivity (Wildman–Crippen MR) is 56.7 cm³/mol. The third-order valence-electron chi connectivity index (χ3n) is 4.07. The molecule has 0 aromatic carbocycles. The van der Waals surface area contributed by atoms with Crippen LogP contribution in [-0.4, -0.2) is 13.6 Å². The van der Waals surface area contributed by atoms with E-state index in [9.17, 15) is 0 Å². The Morgan fingerprint density at radius 3 is 2.54 bits per heavy atom. The highest BCUT2D eigenvalue weighted by Gasteiger charge is 2.52. The Labute approximate surface area is 82.3 Å². The average molecular weight is 181 g/mol. The van der Waals surface area contributed by atoms with Crippen LogP contribution in [0.5, 0.6) is 0 Å². The van der Waals surface area contributed by atoms with E-state index in [-0.39, 0.29) is 0 Å². The van der Waals surface area contributed by atoms with E-state index in [2.05, 4.69) is 19.3 Å². The van der Waals surface area contributed by atoms with Gasteiger partial charge in [-0.15, -0.1) is 0 Å².